The van der Waals surface area contributed by atoms with Crippen molar-refractivity contribution in [3.63, 3.8) is 0 Å². The number of nitrogens with zero attached hydrogens (tertiary/aromatic N) is 2. The molecule has 106 valence electrons. The van der Waals surface area contributed by atoms with Crippen LogP contribution >= 0.6 is 0 Å². The second-order valence-electron chi connectivity index (χ2n) is 4.59. The van der Waals surface area contributed by atoms with E-state index < -0.39 is 0 Å². The van der Waals surface area contributed by atoms with Gasteiger partial charge in [0.05, 0.1) is 11.9 Å². The Labute approximate surface area is 119 Å². The molecule has 0 saturated carbocycles. The van der Waals surface area contributed by atoms with Gasteiger partial charge in [-0.05, 0) is 12.0 Å². The predicted molar refractivity (Wildman–Crippen MR) is 82.3 cm³/mol. The van der Waals surface area contributed by atoms with Crippen LogP contribution in [0.5, 0.6) is 0 Å². The van der Waals surface area contributed by atoms with Crippen molar-refractivity contribution in [1.29, 1.82) is 0 Å². The molecule has 20 heavy (non-hydrogen) atoms. The number of H-pyrrole nitrogens is 1. The van der Waals surface area contributed by atoms with Crippen molar-refractivity contribution in [1.82, 2.24) is 15.3 Å². The highest BCUT2D eigenvalue weighted by Gasteiger charge is 2.02. The second-order valence-corrected chi connectivity index (χ2v) is 4.59. The number of benzene rings is 1. The summed E-state index contributed by atoms with van der Waals surface area (Å²) in [5.41, 5.74) is 7.89. The van der Waals surface area contributed by atoms with Gasteiger partial charge in [-0.25, -0.2) is 9.98 Å². The van der Waals surface area contributed by atoms with Crippen LogP contribution in [-0.4, -0.2) is 22.5 Å². The van der Waals surface area contributed by atoms with Gasteiger partial charge in [-0.15, -0.1) is 0 Å². The Morgan fingerprint density at radius 2 is 2.15 bits per heavy atom. The third kappa shape index (κ3) is 4.12. The number of rotatable bonds is 6. The number of aromatic amines is 1. The summed E-state index contributed by atoms with van der Waals surface area (Å²) < 4.78 is 0. The fraction of sp³-hybridized carbons (Fsp3) is 0.333. The van der Waals surface area contributed by atoms with Gasteiger partial charge in [-0.1, -0.05) is 43.7 Å². The molecule has 5 heteroatoms. The molecule has 0 fully saturated rings. The summed E-state index contributed by atoms with van der Waals surface area (Å²) >= 11 is 0. The molecule has 0 bridgehead atoms. The van der Waals surface area contributed by atoms with Crippen LogP contribution in [0.1, 0.15) is 25.6 Å². The van der Waals surface area contributed by atoms with E-state index in [1.54, 1.807) is 0 Å². The van der Waals surface area contributed by atoms with Gasteiger partial charge < -0.3 is 16.0 Å². The van der Waals surface area contributed by atoms with Crippen molar-refractivity contribution in [3.8, 4) is 11.3 Å². The molecule has 0 aliphatic rings. The summed E-state index contributed by atoms with van der Waals surface area (Å²) in [6.45, 7) is 3.46. The molecule has 1 heterocycles. The fourth-order valence-corrected chi connectivity index (χ4v) is 1.82. The minimum atomic E-state index is 0.456. The van der Waals surface area contributed by atoms with Gasteiger partial charge in [0.1, 0.15) is 12.4 Å². The van der Waals surface area contributed by atoms with Crippen LogP contribution < -0.4 is 11.1 Å². The van der Waals surface area contributed by atoms with Crippen LogP contribution in [0.2, 0.25) is 0 Å². The summed E-state index contributed by atoms with van der Waals surface area (Å²) in [7, 11) is 0. The number of nitrogens with two attached hydrogens (primary N) is 1. The quantitative estimate of drug-likeness (QED) is 0.428. The molecule has 0 saturated heterocycles. The maximum absolute atomic E-state index is 5.78. The second kappa shape index (κ2) is 7.33. The van der Waals surface area contributed by atoms with E-state index in [-0.39, 0.29) is 0 Å². The third-order valence-electron chi connectivity index (χ3n) is 2.95. The molecule has 0 radical (unpaired) electrons. The normalized spacial score (nSPS) is 11.6. The number of guanidine groups is 1. The SMILES string of the molecule is CCCCNC(N)=NCc1ncc(-c2ccccc2)[nH]1. The lowest BCUT2D eigenvalue weighted by molar-refractivity contribution is 0.747. The lowest BCUT2D eigenvalue weighted by atomic mass is 10.2. The first-order valence-corrected chi connectivity index (χ1v) is 6.92. The van der Waals surface area contributed by atoms with Crippen LogP contribution in [0, 0.1) is 0 Å². The van der Waals surface area contributed by atoms with Crippen LogP contribution in [0.15, 0.2) is 41.5 Å². The van der Waals surface area contributed by atoms with Crippen LogP contribution in [-0.2, 0) is 6.54 Å². The van der Waals surface area contributed by atoms with Gasteiger partial charge in [0.2, 0.25) is 0 Å². The Kier molecular flexibility index (Phi) is 5.17. The lowest BCUT2D eigenvalue weighted by Gasteiger charge is -2.03. The first-order valence-electron chi connectivity index (χ1n) is 6.92. The zero-order valence-electron chi connectivity index (χ0n) is 11.8. The minimum absolute atomic E-state index is 0.456. The summed E-state index contributed by atoms with van der Waals surface area (Å²) in [5.74, 6) is 1.28. The van der Waals surface area contributed by atoms with Crippen molar-refractivity contribution in [2.75, 3.05) is 6.54 Å². The van der Waals surface area contributed by atoms with Gasteiger partial charge in [-0.2, -0.15) is 0 Å². The van der Waals surface area contributed by atoms with Crippen molar-refractivity contribution in [2.24, 2.45) is 10.7 Å². The van der Waals surface area contributed by atoms with E-state index in [9.17, 15) is 0 Å². The maximum Gasteiger partial charge on any atom is 0.189 e. The Morgan fingerprint density at radius 3 is 2.90 bits per heavy atom. The van der Waals surface area contributed by atoms with Crippen molar-refractivity contribution in [2.45, 2.75) is 26.3 Å². The summed E-state index contributed by atoms with van der Waals surface area (Å²) in [5, 5.41) is 3.08. The Bertz CT molecular complexity index is 544. The molecule has 2 rings (SSSR count). The number of aliphatic imine (C=N–C) groups is 1. The zero-order valence-corrected chi connectivity index (χ0v) is 11.8. The molecular formula is C15H21N5. The smallest absolute Gasteiger partial charge is 0.189 e. The van der Waals surface area contributed by atoms with E-state index >= 15 is 0 Å². The number of imidazole rings is 1. The van der Waals surface area contributed by atoms with Crippen molar-refractivity contribution >= 4 is 5.96 Å². The van der Waals surface area contributed by atoms with E-state index in [0.29, 0.717) is 12.5 Å². The van der Waals surface area contributed by atoms with E-state index in [0.717, 1.165) is 36.5 Å². The van der Waals surface area contributed by atoms with Crippen LogP contribution in [0.25, 0.3) is 11.3 Å². The van der Waals surface area contributed by atoms with Gasteiger partial charge >= 0.3 is 0 Å². The number of hydrogen-bond donors (Lipinski definition) is 3. The van der Waals surface area contributed by atoms with Gasteiger partial charge in [0, 0.05) is 6.54 Å². The average molecular weight is 271 g/mol. The third-order valence-corrected chi connectivity index (χ3v) is 2.95. The topological polar surface area (TPSA) is 79.1 Å². The Morgan fingerprint density at radius 1 is 1.35 bits per heavy atom. The van der Waals surface area contributed by atoms with Crippen molar-refractivity contribution in [3.05, 3.63) is 42.4 Å². The minimum Gasteiger partial charge on any atom is -0.370 e. The van der Waals surface area contributed by atoms with Crippen LogP contribution in [0.3, 0.4) is 0 Å². The van der Waals surface area contributed by atoms with E-state index in [4.69, 9.17) is 5.73 Å². The highest BCUT2D eigenvalue weighted by atomic mass is 15.1. The number of aromatic nitrogens is 2. The van der Waals surface area contributed by atoms with Gasteiger partial charge in [0.25, 0.3) is 0 Å². The largest absolute Gasteiger partial charge is 0.370 e. The predicted octanol–water partition coefficient (Wildman–Crippen LogP) is 2.28. The molecule has 5 nitrogen and oxygen atoms in total. The first kappa shape index (κ1) is 14.1. The highest BCUT2D eigenvalue weighted by Crippen LogP contribution is 2.16. The van der Waals surface area contributed by atoms with Crippen molar-refractivity contribution < 1.29 is 0 Å². The summed E-state index contributed by atoms with van der Waals surface area (Å²) in [6, 6.07) is 10.1. The van der Waals surface area contributed by atoms with E-state index in [2.05, 4.69) is 27.2 Å². The molecule has 0 amide bonds. The van der Waals surface area contributed by atoms with Crippen LogP contribution in [0.4, 0.5) is 0 Å². The molecule has 0 aliphatic heterocycles. The summed E-state index contributed by atoms with van der Waals surface area (Å²) in [4.78, 5) is 11.8. The number of unbranched alkanes of at least 4 members (excludes halogenated alkanes) is 1. The fourth-order valence-electron chi connectivity index (χ4n) is 1.82. The van der Waals surface area contributed by atoms with E-state index in [1.165, 1.54) is 0 Å². The maximum atomic E-state index is 5.78. The molecule has 0 unspecified atom stereocenters. The monoisotopic (exact) mass is 271 g/mol. The van der Waals surface area contributed by atoms with E-state index in [1.807, 2.05) is 36.5 Å². The molecule has 4 N–H and O–H groups in total. The number of hydrogen-bond acceptors (Lipinski definition) is 2. The highest BCUT2D eigenvalue weighted by molar-refractivity contribution is 5.77. The molecule has 2 aromatic rings. The first-order chi connectivity index (χ1) is 9.79. The molecule has 0 atom stereocenters. The zero-order chi connectivity index (χ0) is 14.2. The molecule has 0 spiro atoms. The summed E-state index contributed by atoms with van der Waals surface area (Å²) in [6.07, 6.45) is 4.05. The molecule has 1 aromatic carbocycles. The molecule has 0 aliphatic carbocycles. The number of nitrogens with one attached hydrogen (secondary N) is 2. The Balaban J connectivity index is 1.91. The standard InChI is InChI=1S/C15H21N5/c1-2-3-9-17-15(16)19-11-14-18-10-13(20-14)12-7-5-4-6-8-12/h4-8,10H,2-3,9,11H2,1H3,(H,18,20)(H3,16,17,19). The Hall–Kier alpha value is -2.30. The molecular weight excluding hydrogens is 250 g/mol. The lowest BCUT2D eigenvalue weighted by Crippen LogP contribution is -2.32. The van der Waals surface area contributed by atoms with Gasteiger partial charge in [-0.3, -0.25) is 0 Å². The molecule has 1 aromatic heterocycles. The average Bonchev–Trinajstić information content (AvgIpc) is 2.95. The van der Waals surface area contributed by atoms with Gasteiger partial charge in [0.15, 0.2) is 5.96 Å².